The van der Waals surface area contributed by atoms with Crippen LogP contribution in [0.25, 0.3) is 16.8 Å². The van der Waals surface area contributed by atoms with E-state index in [-0.39, 0.29) is 10.6 Å². The number of nitriles is 1. The Morgan fingerprint density at radius 3 is 2.56 bits per heavy atom. The van der Waals surface area contributed by atoms with E-state index in [2.05, 4.69) is 45.5 Å². The number of carbonyl (C=O) groups is 1. The molecule has 4 aromatic rings. The average Bonchev–Trinajstić information content (AvgIpc) is 2.84. The molecule has 7 heteroatoms. The molecule has 1 amide bonds. The Hall–Kier alpha value is -3.30. The van der Waals surface area contributed by atoms with Gasteiger partial charge in [-0.1, -0.05) is 71.7 Å². The zero-order valence-electron chi connectivity index (χ0n) is 17.7. The fraction of sp³-hybridized carbons (Fsp3) is 0.0370. The Morgan fingerprint density at radius 1 is 1.00 bits per heavy atom. The Morgan fingerprint density at radius 2 is 1.79 bits per heavy atom. The van der Waals surface area contributed by atoms with Crippen molar-refractivity contribution in [2.45, 2.75) is 6.61 Å². The fourth-order valence-electron chi connectivity index (χ4n) is 3.32. The predicted octanol–water partition coefficient (Wildman–Crippen LogP) is 8.03. The minimum atomic E-state index is -0.584. The van der Waals surface area contributed by atoms with Crippen molar-refractivity contribution in [3.63, 3.8) is 0 Å². The summed E-state index contributed by atoms with van der Waals surface area (Å²) in [5.74, 6) is 0.0680. The van der Waals surface area contributed by atoms with E-state index in [4.69, 9.17) is 27.9 Å². The number of amides is 1. The molecule has 0 fully saturated rings. The molecule has 0 aromatic heterocycles. The molecule has 0 heterocycles. The Balaban J connectivity index is 1.47. The van der Waals surface area contributed by atoms with E-state index in [1.165, 1.54) is 11.5 Å². The topological polar surface area (TPSA) is 62.1 Å². The molecule has 0 bridgehead atoms. The molecule has 0 spiro atoms. The number of ether oxygens (including phenoxy) is 1. The van der Waals surface area contributed by atoms with Gasteiger partial charge < -0.3 is 10.1 Å². The zero-order valence-corrected chi connectivity index (χ0v) is 20.8. The molecule has 0 aliphatic carbocycles. The number of nitrogens with one attached hydrogen (secondary N) is 1. The minimum Gasteiger partial charge on any atom is -0.488 e. The monoisotopic (exact) mass is 550 g/mol. The van der Waals surface area contributed by atoms with E-state index >= 15 is 0 Å². The number of anilines is 1. The quantitative estimate of drug-likeness (QED) is 0.195. The molecule has 0 saturated heterocycles. The van der Waals surface area contributed by atoms with Gasteiger partial charge in [0.05, 0.1) is 20.2 Å². The van der Waals surface area contributed by atoms with Crippen molar-refractivity contribution >= 4 is 67.6 Å². The van der Waals surface area contributed by atoms with Crippen LogP contribution in [0, 0.1) is 11.3 Å². The van der Waals surface area contributed by atoms with Gasteiger partial charge in [-0.3, -0.25) is 4.79 Å². The number of hydrogen-bond acceptors (Lipinski definition) is 3. The third kappa shape index (κ3) is 5.60. The molecule has 4 nitrogen and oxygen atoms in total. The largest absolute Gasteiger partial charge is 0.488 e. The van der Waals surface area contributed by atoms with Crippen molar-refractivity contribution < 1.29 is 9.53 Å². The van der Waals surface area contributed by atoms with Crippen molar-refractivity contribution in [2.75, 3.05) is 5.32 Å². The summed E-state index contributed by atoms with van der Waals surface area (Å²) in [7, 11) is 0. The fourth-order valence-corrected chi connectivity index (χ4v) is 4.18. The van der Waals surface area contributed by atoms with Crippen LogP contribution >= 0.6 is 39.1 Å². The van der Waals surface area contributed by atoms with Crippen LogP contribution in [0.5, 0.6) is 5.75 Å². The van der Waals surface area contributed by atoms with Gasteiger partial charge in [-0.05, 0) is 74.2 Å². The van der Waals surface area contributed by atoms with Crippen LogP contribution in [-0.4, -0.2) is 5.91 Å². The van der Waals surface area contributed by atoms with Gasteiger partial charge in [0.1, 0.15) is 24.0 Å². The van der Waals surface area contributed by atoms with Crippen LogP contribution in [-0.2, 0) is 11.4 Å². The number of carbonyl (C=O) groups excluding carboxylic acids is 1. The first-order valence-electron chi connectivity index (χ1n) is 10.2. The molecule has 0 aliphatic rings. The molecule has 0 atom stereocenters. The number of benzene rings is 4. The lowest BCUT2D eigenvalue weighted by molar-refractivity contribution is -0.112. The van der Waals surface area contributed by atoms with Crippen molar-refractivity contribution in [1.29, 1.82) is 5.26 Å². The summed E-state index contributed by atoms with van der Waals surface area (Å²) in [6.45, 7) is 0.408. The normalized spacial score (nSPS) is 11.2. The molecule has 34 heavy (non-hydrogen) atoms. The maximum Gasteiger partial charge on any atom is 0.266 e. The van der Waals surface area contributed by atoms with E-state index in [1.807, 2.05) is 24.3 Å². The van der Waals surface area contributed by atoms with Gasteiger partial charge in [0.2, 0.25) is 0 Å². The molecule has 0 saturated carbocycles. The maximum absolute atomic E-state index is 12.6. The highest BCUT2D eigenvalue weighted by molar-refractivity contribution is 9.10. The van der Waals surface area contributed by atoms with E-state index in [1.54, 1.807) is 36.4 Å². The second kappa shape index (κ2) is 10.8. The zero-order chi connectivity index (χ0) is 24.1. The summed E-state index contributed by atoms with van der Waals surface area (Å²) in [4.78, 5) is 12.6. The smallest absolute Gasteiger partial charge is 0.266 e. The van der Waals surface area contributed by atoms with Crippen molar-refractivity contribution in [3.8, 4) is 11.8 Å². The van der Waals surface area contributed by atoms with Crippen molar-refractivity contribution in [3.05, 3.63) is 110 Å². The van der Waals surface area contributed by atoms with Crippen LogP contribution in [0.4, 0.5) is 5.69 Å². The maximum atomic E-state index is 12.6. The van der Waals surface area contributed by atoms with Crippen LogP contribution in [0.2, 0.25) is 10.0 Å². The molecule has 4 aromatic carbocycles. The van der Waals surface area contributed by atoms with E-state index in [0.29, 0.717) is 33.1 Å². The lowest BCUT2D eigenvalue weighted by atomic mass is 10.1. The van der Waals surface area contributed by atoms with Crippen LogP contribution < -0.4 is 10.1 Å². The highest BCUT2D eigenvalue weighted by Crippen LogP contribution is 2.31. The predicted molar refractivity (Wildman–Crippen MR) is 141 cm³/mol. The summed E-state index contributed by atoms with van der Waals surface area (Å²) in [6.07, 6.45) is 1.49. The highest BCUT2D eigenvalue weighted by atomic mass is 79.9. The van der Waals surface area contributed by atoms with E-state index in [9.17, 15) is 10.1 Å². The van der Waals surface area contributed by atoms with Crippen molar-refractivity contribution in [2.24, 2.45) is 0 Å². The molecular formula is C27H17BrCl2N2O2. The molecule has 1 N–H and O–H groups in total. The summed E-state index contributed by atoms with van der Waals surface area (Å²) >= 11 is 15.6. The molecular weight excluding hydrogens is 535 g/mol. The van der Waals surface area contributed by atoms with Gasteiger partial charge >= 0.3 is 0 Å². The lowest BCUT2D eigenvalue weighted by Gasteiger charge is -2.10. The third-order valence-electron chi connectivity index (χ3n) is 5.04. The first-order valence-corrected chi connectivity index (χ1v) is 11.8. The number of hydrogen-bond donors (Lipinski definition) is 1. The number of fused-ring (bicyclic) bond motifs is 1. The second-order valence-corrected chi connectivity index (χ2v) is 9.02. The van der Waals surface area contributed by atoms with E-state index < -0.39 is 5.91 Å². The highest BCUT2D eigenvalue weighted by Gasteiger charge is 2.13. The van der Waals surface area contributed by atoms with Crippen LogP contribution in [0.15, 0.2) is 88.9 Å². The third-order valence-corrected chi connectivity index (χ3v) is 6.48. The number of halogens is 3. The molecule has 0 unspecified atom stereocenters. The summed E-state index contributed by atoms with van der Waals surface area (Å²) in [6, 6.07) is 26.5. The standard InChI is InChI=1S/C27H17BrCl2N2O2/c28-22-14-17(12-21(15-31)27(33)32-24-7-3-6-23(29)26(24)30)9-11-25(22)34-16-18-8-10-19-4-1-2-5-20(19)13-18/h1-14H,16H2,(H,32,33)/b21-12-. The summed E-state index contributed by atoms with van der Waals surface area (Å²) in [5.41, 5.74) is 1.97. The van der Waals surface area contributed by atoms with Gasteiger partial charge in [0, 0.05) is 0 Å². The Bertz CT molecular complexity index is 1460. The molecule has 0 aliphatic heterocycles. The van der Waals surface area contributed by atoms with E-state index in [0.717, 1.165) is 10.9 Å². The SMILES string of the molecule is N#C/C(=C/c1ccc(OCc2ccc3ccccc3c2)c(Br)c1)C(=O)Nc1cccc(Cl)c1Cl. The molecule has 168 valence electrons. The van der Waals surface area contributed by atoms with Crippen LogP contribution in [0.3, 0.4) is 0 Å². The summed E-state index contributed by atoms with van der Waals surface area (Å²) in [5, 5.41) is 15.0. The number of nitrogens with zero attached hydrogens (tertiary/aromatic N) is 1. The van der Waals surface area contributed by atoms with Crippen LogP contribution in [0.1, 0.15) is 11.1 Å². The molecule has 4 rings (SSSR count). The average molecular weight is 552 g/mol. The molecule has 0 radical (unpaired) electrons. The van der Waals surface area contributed by atoms with Gasteiger partial charge in [-0.2, -0.15) is 5.26 Å². The first-order chi connectivity index (χ1) is 16.4. The Labute approximate surface area is 215 Å². The van der Waals surface area contributed by atoms with Crippen molar-refractivity contribution in [1.82, 2.24) is 0 Å². The summed E-state index contributed by atoms with van der Waals surface area (Å²) < 4.78 is 6.68. The van der Waals surface area contributed by atoms with Gasteiger partial charge in [-0.15, -0.1) is 0 Å². The number of rotatable bonds is 6. The van der Waals surface area contributed by atoms with Gasteiger partial charge in [-0.25, -0.2) is 0 Å². The lowest BCUT2D eigenvalue weighted by Crippen LogP contribution is -2.13. The van der Waals surface area contributed by atoms with Gasteiger partial charge in [0.15, 0.2) is 0 Å². The van der Waals surface area contributed by atoms with Gasteiger partial charge in [0.25, 0.3) is 5.91 Å². The second-order valence-electron chi connectivity index (χ2n) is 7.39. The first kappa shape index (κ1) is 23.8. The minimum absolute atomic E-state index is 0.0761. The Kier molecular flexibility index (Phi) is 7.54.